The van der Waals surface area contributed by atoms with E-state index in [-0.39, 0.29) is 6.04 Å². The summed E-state index contributed by atoms with van der Waals surface area (Å²) >= 11 is 0. The third-order valence-electron chi connectivity index (χ3n) is 3.97. The van der Waals surface area contributed by atoms with Gasteiger partial charge in [-0.3, -0.25) is 0 Å². The lowest BCUT2D eigenvalue weighted by Crippen LogP contribution is -2.53. The predicted octanol–water partition coefficient (Wildman–Crippen LogP) is 2.86. The van der Waals surface area contributed by atoms with Crippen LogP contribution in [-0.2, 0) is 0 Å². The van der Waals surface area contributed by atoms with Gasteiger partial charge >= 0.3 is 0 Å². The molecule has 0 spiro atoms. The van der Waals surface area contributed by atoms with Crippen molar-refractivity contribution in [1.29, 1.82) is 0 Å². The van der Waals surface area contributed by atoms with Crippen molar-refractivity contribution in [1.82, 2.24) is 5.32 Å². The quantitative estimate of drug-likeness (QED) is 0.878. The maximum atomic E-state index is 6.06. The van der Waals surface area contributed by atoms with E-state index in [9.17, 15) is 0 Å². The Morgan fingerprint density at radius 1 is 0.842 bits per heavy atom. The molecule has 2 aromatic carbocycles. The number of hydrogen-bond acceptors (Lipinski definition) is 2. The summed E-state index contributed by atoms with van der Waals surface area (Å²) in [6, 6.07) is 22.1. The molecule has 0 saturated heterocycles. The molecule has 3 rings (SSSR count). The second kappa shape index (κ2) is 5.55. The van der Waals surface area contributed by atoms with Crippen LogP contribution in [0, 0.1) is 0 Å². The van der Waals surface area contributed by atoms with Gasteiger partial charge in [-0.25, -0.2) is 0 Å². The van der Waals surface area contributed by atoms with Crippen molar-refractivity contribution < 1.29 is 0 Å². The molecule has 1 fully saturated rings. The van der Waals surface area contributed by atoms with E-state index in [1.807, 2.05) is 0 Å². The van der Waals surface area contributed by atoms with Crippen LogP contribution in [0.3, 0.4) is 0 Å². The van der Waals surface area contributed by atoms with E-state index in [4.69, 9.17) is 5.73 Å². The first-order valence-corrected chi connectivity index (χ1v) is 6.96. The Balaban J connectivity index is 1.87. The molecule has 3 N–H and O–H groups in total. The maximum Gasteiger partial charge on any atom is 0.0579 e. The minimum absolute atomic E-state index is 0.235. The van der Waals surface area contributed by atoms with Crippen LogP contribution >= 0.6 is 0 Å². The van der Waals surface area contributed by atoms with Crippen LogP contribution in [0.15, 0.2) is 60.7 Å². The number of nitrogens with one attached hydrogen (secondary N) is 1. The van der Waals surface area contributed by atoms with Crippen molar-refractivity contribution in [2.24, 2.45) is 5.73 Å². The topological polar surface area (TPSA) is 38.0 Å². The SMILES string of the molecule is NC1CCC1NC(c1ccccc1)c1ccccc1. The average Bonchev–Trinajstić information content (AvgIpc) is 2.48. The van der Waals surface area contributed by atoms with Gasteiger partial charge in [0.15, 0.2) is 0 Å². The highest BCUT2D eigenvalue weighted by atomic mass is 15.0. The largest absolute Gasteiger partial charge is 0.326 e. The molecule has 1 aliphatic rings. The molecule has 2 heteroatoms. The van der Waals surface area contributed by atoms with Crippen molar-refractivity contribution in [3.8, 4) is 0 Å². The van der Waals surface area contributed by atoms with Crippen molar-refractivity contribution in [2.75, 3.05) is 0 Å². The van der Waals surface area contributed by atoms with E-state index in [0.717, 1.165) is 6.42 Å². The fraction of sp³-hybridized carbons (Fsp3) is 0.294. The Bertz CT molecular complexity index is 470. The third-order valence-corrected chi connectivity index (χ3v) is 3.97. The van der Waals surface area contributed by atoms with Crippen LogP contribution in [0.1, 0.15) is 30.0 Å². The summed E-state index contributed by atoms with van der Waals surface area (Å²) in [7, 11) is 0. The molecular weight excluding hydrogens is 232 g/mol. The number of rotatable bonds is 4. The van der Waals surface area contributed by atoms with Crippen molar-refractivity contribution in [2.45, 2.75) is 31.0 Å². The molecule has 2 unspecified atom stereocenters. The Morgan fingerprint density at radius 2 is 1.37 bits per heavy atom. The molecule has 0 amide bonds. The minimum Gasteiger partial charge on any atom is -0.326 e. The summed E-state index contributed by atoms with van der Waals surface area (Å²) < 4.78 is 0. The highest BCUT2D eigenvalue weighted by Crippen LogP contribution is 2.27. The molecule has 0 aromatic heterocycles. The Hall–Kier alpha value is -1.64. The van der Waals surface area contributed by atoms with E-state index in [0.29, 0.717) is 12.1 Å². The Labute approximate surface area is 114 Å². The first-order valence-electron chi connectivity index (χ1n) is 6.96. The second-order valence-electron chi connectivity index (χ2n) is 5.27. The molecule has 1 saturated carbocycles. The van der Waals surface area contributed by atoms with Gasteiger partial charge in [-0.15, -0.1) is 0 Å². The first kappa shape index (κ1) is 12.4. The van der Waals surface area contributed by atoms with Gasteiger partial charge in [-0.05, 0) is 24.0 Å². The second-order valence-corrected chi connectivity index (χ2v) is 5.27. The van der Waals surface area contributed by atoms with E-state index in [1.54, 1.807) is 0 Å². The van der Waals surface area contributed by atoms with Crippen LogP contribution in [0.2, 0.25) is 0 Å². The monoisotopic (exact) mass is 252 g/mol. The van der Waals surface area contributed by atoms with Gasteiger partial charge in [-0.2, -0.15) is 0 Å². The standard InChI is InChI=1S/C17H20N2/c18-15-11-12-16(15)19-17(13-7-3-1-4-8-13)14-9-5-2-6-10-14/h1-10,15-17,19H,11-12,18H2. The zero-order chi connectivity index (χ0) is 13.1. The lowest BCUT2D eigenvalue weighted by molar-refractivity contribution is 0.271. The van der Waals surface area contributed by atoms with Crippen molar-refractivity contribution >= 4 is 0 Å². The molecule has 0 heterocycles. The molecule has 0 radical (unpaired) electrons. The summed E-state index contributed by atoms with van der Waals surface area (Å²) in [4.78, 5) is 0. The van der Waals surface area contributed by atoms with Crippen LogP contribution in [-0.4, -0.2) is 12.1 Å². The van der Waals surface area contributed by atoms with Crippen molar-refractivity contribution in [3.05, 3.63) is 71.8 Å². The molecule has 2 atom stereocenters. The zero-order valence-electron chi connectivity index (χ0n) is 11.0. The van der Waals surface area contributed by atoms with Gasteiger partial charge in [0, 0.05) is 12.1 Å². The first-order chi connectivity index (χ1) is 9.34. The normalized spacial score (nSPS) is 22.2. The van der Waals surface area contributed by atoms with Crippen LogP contribution < -0.4 is 11.1 Å². The Morgan fingerprint density at radius 3 is 1.74 bits per heavy atom. The van der Waals surface area contributed by atoms with Gasteiger partial charge < -0.3 is 11.1 Å². The molecule has 19 heavy (non-hydrogen) atoms. The number of hydrogen-bond donors (Lipinski definition) is 2. The maximum absolute atomic E-state index is 6.06. The van der Waals surface area contributed by atoms with Crippen molar-refractivity contribution in [3.63, 3.8) is 0 Å². The fourth-order valence-corrected chi connectivity index (χ4v) is 2.62. The third kappa shape index (κ3) is 2.70. The van der Waals surface area contributed by atoms with Gasteiger partial charge in [0.25, 0.3) is 0 Å². The fourth-order valence-electron chi connectivity index (χ4n) is 2.62. The number of nitrogens with two attached hydrogens (primary N) is 1. The molecule has 0 aliphatic heterocycles. The van der Waals surface area contributed by atoms with Gasteiger partial charge in [0.05, 0.1) is 6.04 Å². The molecule has 98 valence electrons. The average molecular weight is 252 g/mol. The summed E-state index contributed by atoms with van der Waals surface area (Å²) in [5.74, 6) is 0. The molecule has 1 aliphatic carbocycles. The summed E-state index contributed by atoms with van der Waals surface area (Å²) in [5, 5.41) is 3.71. The molecule has 2 nitrogen and oxygen atoms in total. The molecule has 0 bridgehead atoms. The smallest absolute Gasteiger partial charge is 0.0579 e. The highest BCUT2D eigenvalue weighted by Gasteiger charge is 2.30. The summed E-state index contributed by atoms with van der Waals surface area (Å²) in [5.41, 5.74) is 8.66. The van der Waals surface area contributed by atoms with Crippen LogP contribution in [0.4, 0.5) is 0 Å². The lowest BCUT2D eigenvalue weighted by atomic mass is 9.85. The predicted molar refractivity (Wildman–Crippen MR) is 78.9 cm³/mol. The van der Waals surface area contributed by atoms with Gasteiger partial charge in [0.2, 0.25) is 0 Å². The van der Waals surface area contributed by atoms with Crippen LogP contribution in [0.5, 0.6) is 0 Å². The van der Waals surface area contributed by atoms with Gasteiger partial charge in [0.1, 0.15) is 0 Å². The van der Waals surface area contributed by atoms with E-state index >= 15 is 0 Å². The zero-order valence-corrected chi connectivity index (χ0v) is 11.0. The highest BCUT2D eigenvalue weighted by molar-refractivity contribution is 5.32. The summed E-state index contributed by atoms with van der Waals surface area (Å²) in [6.45, 7) is 0. The molecular formula is C17H20N2. The van der Waals surface area contributed by atoms with E-state index < -0.39 is 0 Å². The van der Waals surface area contributed by atoms with Gasteiger partial charge in [-0.1, -0.05) is 60.7 Å². The van der Waals surface area contributed by atoms with E-state index in [2.05, 4.69) is 66.0 Å². The van der Waals surface area contributed by atoms with Crippen LogP contribution in [0.25, 0.3) is 0 Å². The minimum atomic E-state index is 0.235. The lowest BCUT2D eigenvalue weighted by Gasteiger charge is -2.37. The molecule has 2 aromatic rings. The van der Waals surface area contributed by atoms with E-state index in [1.165, 1.54) is 17.5 Å². The number of benzene rings is 2. The summed E-state index contributed by atoms with van der Waals surface area (Å²) in [6.07, 6.45) is 2.31. The Kier molecular flexibility index (Phi) is 3.62.